The highest BCUT2D eigenvalue weighted by Crippen LogP contribution is 2.47. The van der Waals surface area contributed by atoms with Gasteiger partial charge < -0.3 is 15.1 Å². The average molecular weight is 488 g/mol. The van der Waals surface area contributed by atoms with Gasteiger partial charge in [-0.2, -0.15) is 0 Å². The molecule has 152 valence electrons. The minimum absolute atomic E-state index is 0. The molecule has 0 amide bonds. The molecule has 1 unspecified atom stereocenters. The molecule has 1 aromatic rings. The number of likely N-dealkylation sites (tertiary alicyclic amines) is 1. The minimum Gasteiger partial charge on any atom is -0.355 e. The molecule has 1 aliphatic carbocycles. The monoisotopic (exact) mass is 488 g/mol. The minimum atomic E-state index is -0.142. The average Bonchev–Trinajstić information content (AvgIpc) is 3.31. The van der Waals surface area contributed by atoms with Crippen LogP contribution in [0, 0.1) is 11.7 Å². The molecule has 0 bridgehead atoms. The zero-order chi connectivity index (χ0) is 18.6. The van der Waals surface area contributed by atoms with Crippen molar-refractivity contribution in [3.8, 4) is 0 Å². The lowest BCUT2D eigenvalue weighted by Gasteiger charge is -2.26. The summed E-state index contributed by atoms with van der Waals surface area (Å²) in [5.74, 6) is 1.57. The Morgan fingerprint density at radius 2 is 2.07 bits per heavy atom. The second kappa shape index (κ2) is 10.0. The fraction of sp³-hybridized carbons (Fsp3) is 0.667. The molecule has 1 atom stereocenters. The number of benzene rings is 1. The molecule has 3 rings (SSSR count). The lowest BCUT2D eigenvalue weighted by atomic mass is 9.96. The molecule has 1 N–H and O–H groups in total. The van der Waals surface area contributed by atoms with Gasteiger partial charge in [-0.05, 0) is 56.0 Å². The lowest BCUT2D eigenvalue weighted by Crippen LogP contribution is -2.43. The van der Waals surface area contributed by atoms with Crippen molar-refractivity contribution in [1.29, 1.82) is 0 Å². The zero-order valence-corrected chi connectivity index (χ0v) is 19.2. The van der Waals surface area contributed by atoms with Gasteiger partial charge in [0.1, 0.15) is 5.82 Å². The zero-order valence-electron chi connectivity index (χ0n) is 16.9. The lowest BCUT2D eigenvalue weighted by molar-refractivity contribution is 0.255. The summed E-state index contributed by atoms with van der Waals surface area (Å²) in [6.45, 7) is 10.9. The van der Waals surface area contributed by atoms with Crippen molar-refractivity contribution in [2.75, 3.05) is 46.3 Å². The van der Waals surface area contributed by atoms with E-state index in [9.17, 15) is 4.39 Å². The Morgan fingerprint density at radius 1 is 1.33 bits per heavy atom. The van der Waals surface area contributed by atoms with Crippen molar-refractivity contribution in [3.63, 3.8) is 0 Å². The van der Waals surface area contributed by atoms with Crippen molar-refractivity contribution >= 4 is 29.9 Å². The third kappa shape index (κ3) is 5.56. The largest absolute Gasteiger partial charge is 0.355 e. The Bertz CT molecular complexity index is 628. The van der Waals surface area contributed by atoms with Crippen LogP contribution in [0.15, 0.2) is 29.3 Å². The van der Waals surface area contributed by atoms with E-state index in [4.69, 9.17) is 0 Å². The van der Waals surface area contributed by atoms with E-state index < -0.39 is 0 Å². The van der Waals surface area contributed by atoms with Crippen molar-refractivity contribution < 1.29 is 4.39 Å². The predicted molar refractivity (Wildman–Crippen MR) is 122 cm³/mol. The Morgan fingerprint density at radius 3 is 2.67 bits per heavy atom. The Hall–Kier alpha value is -0.890. The summed E-state index contributed by atoms with van der Waals surface area (Å²) in [7, 11) is 1.86. The normalized spacial score (nSPS) is 21.3. The fourth-order valence-electron chi connectivity index (χ4n) is 4.14. The van der Waals surface area contributed by atoms with Gasteiger partial charge in [0.2, 0.25) is 0 Å². The third-order valence-corrected chi connectivity index (χ3v) is 6.08. The van der Waals surface area contributed by atoms with Crippen LogP contribution in [0.3, 0.4) is 0 Å². The topological polar surface area (TPSA) is 30.9 Å². The number of hydrogen-bond acceptors (Lipinski definition) is 2. The predicted octanol–water partition coefficient (Wildman–Crippen LogP) is 3.71. The van der Waals surface area contributed by atoms with Crippen LogP contribution in [0.1, 0.15) is 38.7 Å². The van der Waals surface area contributed by atoms with Gasteiger partial charge in [0, 0.05) is 38.6 Å². The summed E-state index contributed by atoms with van der Waals surface area (Å²) >= 11 is 0. The molecule has 1 heterocycles. The number of hydrogen-bond donors (Lipinski definition) is 1. The molecular weight excluding hydrogens is 454 g/mol. The van der Waals surface area contributed by atoms with Crippen LogP contribution >= 0.6 is 24.0 Å². The van der Waals surface area contributed by atoms with Crippen LogP contribution in [0.4, 0.5) is 4.39 Å². The first-order valence-corrected chi connectivity index (χ1v) is 10.0. The second-order valence-corrected chi connectivity index (χ2v) is 7.78. The van der Waals surface area contributed by atoms with Gasteiger partial charge in [-0.15, -0.1) is 24.0 Å². The van der Waals surface area contributed by atoms with E-state index in [1.807, 2.05) is 13.1 Å². The van der Waals surface area contributed by atoms with Crippen molar-refractivity contribution in [1.82, 2.24) is 15.1 Å². The first-order chi connectivity index (χ1) is 12.6. The molecule has 0 spiro atoms. The summed E-state index contributed by atoms with van der Waals surface area (Å²) in [6, 6.07) is 7.08. The van der Waals surface area contributed by atoms with E-state index in [2.05, 4.69) is 40.0 Å². The second-order valence-electron chi connectivity index (χ2n) is 7.78. The number of nitrogens with one attached hydrogen (secondary N) is 1. The van der Waals surface area contributed by atoms with Crippen LogP contribution in [0.25, 0.3) is 0 Å². The Kier molecular flexibility index (Phi) is 8.34. The van der Waals surface area contributed by atoms with Gasteiger partial charge in [-0.3, -0.25) is 4.99 Å². The van der Waals surface area contributed by atoms with Gasteiger partial charge in [-0.25, -0.2) is 4.39 Å². The molecule has 2 fully saturated rings. The van der Waals surface area contributed by atoms with Gasteiger partial charge in [0.25, 0.3) is 0 Å². The Labute approximate surface area is 180 Å². The van der Waals surface area contributed by atoms with E-state index in [0.29, 0.717) is 5.92 Å². The standard InChI is InChI=1S/C21H33FN4.HI/c1-4-25(5-2)14-17-9-12-26(15-17)20(23-3)24-16-21(10-11-21)18-7-6-8-19(22)13-18;/h6-8,13,17H,4-5,9-12,14-16H2,1-3H3,(H,23,24);1H. The van der Waals surface area contributed by atoms with Gasteiger partial charge >= 0.3 is 0 Å². The van der Waals surface area contributed by atoms with E-state index in [1.54, 1.807) is 6.07 Å². The van der Waals surface area contributed by atoms with Crippen molar-refractivity contribution in [2.45, 2.75) is 38.5 Å². The smallest absolute Gasteiger partial charge is 0.193 e. The maximum absolute atomic E-state index is 13.6. The summed E-state index contributed by atoms with van der Waals surface area (Å²) < 4.78 is 13.6. The maximum Gasteiger partial charge on any atom is 0.193 e. The number of aliphatic imine (C=N–C) groups is 1. The fourth-order valence-corrected chi connectivity index (χ4v) is 4.14. The highest BCUT2D eigenvalue weighted by atomic mass is 127. The maximum atomic E-state index is 13.6. The molecule has 1 aliphatic heterocycles. The number of nitrogens with zero attached hydrogens (tertiary/aromatic N) is 3. The van der Waals surface area contributed by atoms with Crippen LogP contribution in [-0.4, -0.2) is 62.1 Å². The quantitative estimate of drug-likeness (QED) is 0.361. The molecule has 1 aromatic carbocycles. The summed E-state index contributed by atoms with van der Waals surface area (Å²) in [5, 5.41) is 3.57. The van der Waals surface area contributed by atoms with E-state index in [1.165, 1.54) is 19.0 Å². The molecule has 4 nitrogen and oxygen atoms in total. The molecule has 27 heavy (non-hydrogen) atoms. The SMILES string of the molecule is CCN(CC)CC1CCN(C(=NC)NCC2(c3cccc(F)c3)CC2)C1.I. The number of halogens is 2. The number of guanidine groups is 1. The summed E-state index contributed by atoms with van der Waals surface area (Å²) in [6.07, 6.45) is 3.46. The highest BCUT2D eigenvalue weighted by molar-refractivity contribution is 14.0. The summed E-state index contributed by atoms with van der Waals surface area (Å²) in [4.78, 5) is 9.40. The van der Waals surface area contributed by atoms with Crippen LogP contribution in [-0.2, 0) is 5.41 Å². The van der Waals surface area contributed by atoms with Gasteiger partial charge in [-0.1, -0.05) is 26.0 Å². The Balaban J connectivity index is 0.00000261. The van der Waals surface area contributed by atoms with E-state index >= 15 is 0 Å². The van der Waals surface area contributed by atoms with Crippen molar-refractivity contribution in [2.24, 2.45) is 10.9 Å². The summed E-state index contributed by atoms with van der Waals surface area (Å²) in [5.41, 5.74) is 1.19. The van der Waals surface area contributed by atoms with E-state index in [0.717, 1.165) is 57.1 Å². The van der Waals surface area contributed by atoms with Crippen molar-refractivity contribution in [3.05, 3.63) is 35.6 Å². The molecule has 1 saturated heterocycles. The van der Waals surface area contributed by atoms with Gasteiger partial charge in [0.15, 0.2) is 5.96 Å². The van der Waals surface area contributed by atoms with Crippen LogP contribution in [0.2, 0.25) is 0 Å². The highest BCUT2D eigenvalue weighted by Gasteiger charge is 2.44. The van der Waals surface area contributed by atoms with Gasteiger partial charge in [0.05, 0.1) is 0 Å². The van der Waals surface area contributed by atoms with E-state index in [-0.39, 0.29) is 35.2 Å². The molecule has 6 heteroatoms. The molecule has 2 aliphatic rings. The first kappa shape index (κ1) is 22.4. The third-order valence-electron chi connectivity index (χ3n) is 6.08. The first-order valence-electron chi connectivity index (χ1n) is 10.0. The molecule has 0 aromatic heterocycles. The van der Waals surface area contributed by atoms with Crippen LogP contribution < -0.4 is 5.32 Å². The molecular formula is C21H34FIN4. The molecule has 0 radical (unpaired) electrons. The van der Waals surface area contributed by atoms with Crippen LogP contribution in [0.5, 0.6) is 0 Å². The molecule has 1 saturated carbocycles. The number of rotatable bonds is 7.